The fraction of sp³-hybridized carbons (Fsp3) is 0.533. The number of hydrogen-bond acceptors (Lipinski definition) is 3. The lowest BCUT2D eigenvalue weighted by molar-refractivity contribution is -0.122. The number of nitrogen functional groups attached to an aromatic ring is 1. The number of likely N-dealkylation sites (N-methyl/N-ethyl adjacent to an activating group) is 1. The Morgan fingerprint density at radius 2 is 2.00 bits per heavy atom. The number of nitrogens with zero attached hydrogens (tertiary/aromatic N) is 1. The van der Waals surface area contributed by atoms with Gasteiger partial charge in [0.15, 0.2) is 0 Å². The first kappa shape index (κ1) is 18.1. The second kappa shape index (κ2) is 6.86. The van der Waals surface area contributed by atoms with Crippen molar-refractivity contribution in [2.24, 2.45) is 0 Å². The second-order valence-corrected chi connectivity index (χ2v) is 6.64. The van der Waals surface area contributed by atoms with Gasteiger partial charge in [-0.2, -0.15) is 0 Å². The van der Waals surface area contributed by atoms with Gasteiger partial charge >= 0.3 is 0 Å². The number of carbonyl (C=O) groups is 1. The number of rotatable bonds is 5. The summed E-state index contributed by atoms with van der Waals surface area (Å²) in [6, 6.07) is 2.80. The van der Waals surface area contributed by atoms with Gasteiger partial charge in [-0.05, 0) is 46.4 Å². The molecular weight excluding hydrogens is 309 g/mol. The first-order valence-electron chi connectivity index (χ1n) is 6.88. The molecule has 3 N–H and O–H groups in total. The van der Waals surface area contributed by atoms with Crippen LogP contribution in [0, 0.1) is 0 Å². The number of hydrogen-bond donors (Lipinski definition) is 2. The fourth-order valence-corrected chi connectivity index (χ4v) is 2.46. The second-order valence-electron chi connectivity index (χ2n) is 5.79. The standard InChI is InChI=1S/C15H23Cl2N3O/c1-6-15(3,4)20(5)9(2)14(21)19-13-11(17)7-10(16)8-12(13)18/h7-9H,6,18H2,1-5H3,(H,19,21). The summed E-state index contributed by atoms with van der Waals surface area (Å²) in [6.45, 7) is 8.14. The molecule has 6 heteroatoms. The van der Waals surface area contributed by atoms with Crippen molar-refractivity contribution in [3.63, 3.8) is 0 Å². The molecule has 4 nitrogen and oxygen atoms in total. The van der Waals surface area contributed by atoms with Crippen molar-refractivity contribution in [1.82, 2.24) is 4.90 Å². The molecule has 0 aliphatic heterocycles. The first-order chi connectivity index (χ1) is 9.60. The van der Waals surface area contributed by atoms with Crippen molar-refractivity contribution in [3.05, 3.63) is 22.2 Å². The lowest BCUT2D eigenvalue weighted by atomic mass is 9.98. The maximum atomic E-state index is 12.4. The summed E-state index contributed by atoms with van der Waals surface area (Å²) in [7, 11) is 1.93. The Labute approximate surface area is 136 Å². The number of carbonyl (C=O) groups excluding carboxylic acids is 1. The highest BCUT2D eigenvalue weighted by Crippen LogP contribution is 2.32. The molecule has 1 amide bonds. The molecule has 1 aromatic rings. The molecule has 0 spiro atoms. The van der Waals surface area contributed by atoms with Gasteiger partial charge in [-0.3, -0.25) is 9.69 Å². The summed E-state index contributed by atoms with van der Waals surface area (Å²) in [5, 5.41) is 3.56. The van der Waals surface area contributed by atoms with Crippen LogP contribution in [0.15, 0.2) is 12.1 Å². The molecule has 1 unspecified atom stereocenters. The molecular formula is C15H23Cl2N3O. The third-order valence-electron chi connectivity index (χ3n) is 4.11. The highest BCUT2D eigenvalue weighted by molar-refractivity contribution is 6.37. The zero-order valence-electron chi connectivity index (χ0n) is 13.1. The van der Waals surface area contributed by atoms with E-state index < -0.39 is 0 Å². The molecule has 0 saturated heterocycles. The Bertz CT molecular complexity index is 509. The van der Waals surface area contributed by atoms with Crippen LogP contribution in [0.25, 0.3) is 0 Å². The number of nitrogens with two attached hydrogens (primary N) is 1. The van der Waals surface area contributed by atoms with Crippen LogP contribution < -0.4 is 11.1 Å². The molecule has 0 bridgehead atoms. The SMILES string of the molecule is CCC(C)(C)N(C)C(C)C(=O)Nc1c(N)cc(Cl)cc1Cl. The largest absolute Gasteiger partial charge is 0.397 e. The van der Waals surface area contributed by atoms with Crippen molar-refractivity contribution in [3.8, 4) is 0 Å². The van der Waals surface area contributed by atoms with Gasteiger partial charge in [0.25, 0.3) is 0 Å². The average molecular weight is 332 g/mol. The van der Waals surface area contributed by atoms with Crippen molar-refractivity contribution < 1.29 is 4.79 Å². The number of halogens is 2. The Morgan fingerprint density at radius 1 is 1.43 bits per heavy atom. The Balaban J connectivity index is 2.92. The van der Waals surface area contributed by atoms with E-state index in [0.29, 0.717) is 21.4 Å². The van der Waals surface area contributed by atoms with Crippen LogP contribution in [-0.2, 0) is 4.79 Å². The van der Waals surface area contributed by atoms with Crippen LogP contribution in [0.1, 0.15) is 34.1 Å². The molecule has 0 fully saturated rings. The normalized spacial score (nSPS) is 13.3. The maximum Gasteiger partial charge on any atom is 0.241 e. The molecule has 0 saturated carbocycles. The zero-order chi connectivity index (χ0) is 16.4. The van der Waals surface area contributed by atoms with Crippen LogP contribution in [0.5, 0.6) is 0 Å². The molecule has 0 aliphatic rings. The van der Waals surface area contributed by atoms with Crippen molar-refractivity contribution in [1.29, 1.82) is 0 Å². The van der Waals surface area contributed by atoms with Gasteiger partial charge in [0.2, 0.25) is 5.91 Å². The molecule has 21 heavy (non-hydrogen) atoms. The number of nitrogens with one attached hydrogen (secondary N) is 1. The van der Waals surface area contributed by atoms with Crippen LogP contribution in [-0.4, -0.2) is 29.4 Å². The zero-order valence-corrected chi connectivity index (χ0v) is 14.6. The summed E-state index contributed by atoms with van der Waals surface area (Å²) in [4.78, 5) is 14.4. The predicted molar refractivity (Wildman–Crippen MR) is 91.1 cm³/mol. The highest BCUT2D eigenvalue weighted by Gasteiger charge is 2.29. The monoisotopic (exact) mass is 331 g/mol. The van der Waals surface area contributed by atoms with Crippen molar-refractivity contribution in [2.45, 2.75) is 45.7 Å². The Kier molecular flexibility index (Phi) is 5.91. The Hall–Kier alpha value is -0.970. The fourth-order valence-electron chi connectivity index (χ4n) is 1.90. The highest BCUT2D eigenvalue weighted by atomic mass is 35.5. The minimum Gasteiger partial charge on any atom is -0.397 e. The van der Waals surface area contributed by atoms with Crippen LogP contribution in [0.3, 0.4) is 0 Å². The predicted octanol–water partition coefficient (Wildman–Crippen LogP) is 4.02. The van der Waals surface area contributed by atoms with E-state index in [2.05, 4.69) is 26.1 Å². The molecule has 0 aromatic heterocycles. The van der Waals surface area contributed by atoms with Crippen molar-refractivity contribution >= 4 is 40.5 Å². The minimum absolute atomic E-state index is 0.0773. The van der Waals surface area contributed by atoms with E-state index in [4.69, 9.17) is 28.9 Å². The summed E-state index contributed by atoms with van der Waals surface area (Å²) in [5.74, 6) is -0.157. The topological polar surface area (TPSA) is 58.4 Å². The lowest BCUT2D eigenvalue weighted by Crippen LogP contribution is -2.50. The number of benzene rings is 1. The molecule has 1 rings (SSSR count). The molecule has 1 atom stereocenters. The lowest BCUT2D eigenvalue weighted by Gasteiger charge is -2.38. The molecule has 0 aliphatic carbocycles. The summed E-state index contributed by atoms with van der Waals surface area (Å²) in [5.41, 5.74) is 6.54. The third kappa shape index (κ3) is 4.25. The molecule has 1 aromatic carbocycles. The third-order valence-corrected chi connectivity index (χ3v) is 4.63. The first-order valence-corrected chi connectivity index (χ1v) is 7.64. The number of amides is 1. The van der Waals surface area contributed by atoms with Gasteiger partial charge in [0.1, 0.15) is 0 Å². The van der Waals surface area contributed by atoms with Gasteiger partial charge in [-0.1, -0.05) is 30.1 Å². The molecule has 0 heterocycles. The van der Waals surface area contributed by atoms with Gasteiger partial charge in [-0.15, -0.1) is 0 Å². The summed E-state index contributed by atoms with van der Waals surface area (Å²) < 4.78 is 0. The van der Waals surface area contributed by atoms with E-state index in [0.717, 1.165) is 6.42 Å². The van der Waals surface area contributed by atoms with Gasteiger partial charge in [0.05, 0.1) is 22.4 Å². The van der Waals surface area contributed by atoms with E-state index in [1.54, 1.807) is 12.1 Å². The van der Waals surface area contributed by atoms with E-state index in [9.17, 15) is 4.79 Å². The summed E-state index contributed by atoms with van der Waals surface area (Å²) in [6.07, 6.45) is 0.935. The minimum atomic E-state index is -0.314. The molecule has 0 radical (unpaired) electrons. The quantitative estimate of drug-likeness (QED) is 0.801. The van der Waals surface area contributed by atoms with E-state index in [-0.39, 0.29) is 17.5 Å². The summed E-state index contributed by atoms with van der Waals surface area (Å²) >= 11 is 12.0. The van der Waals surface area contributed by atoms with Crippen molar-refractivity contribution in [2.75, 3.05) is 18.1 Å². The molecule has 118 valence electrons. The maximum absolute atomic E-state index is 12.4. The number of anilines is 2. The Morgan fingerprint density at radius 3 is 2.48 bits per heavy atom. The van der Waals surface area contributed by atoms with E-state index >= 15 is 0 Å². The average Bonchev–Trinajstić information content (AvgIpc) is 2.40. The van der Waals surface area contributed by atoms with E-state index in [1.165, 1.54) is 0 Å². The van der Waals surface area contributed by atoms with Gasteiger partial charge in [-0.25, -0.2) is 0 Å². The van der Waals surface area contributed by atoms with Gasteiger partial charge < -0.3 is 11.1 Å². The smallest absolute Gasteiger partial charge is 0.241 e. The van der Waals surface area contributed by atoms with E-state index in [1.807, 2.05) is 18.9 Å². The van der Waals surface area contributed by atoms with Crippen LogP contribution >= 0.6 is 23.2 Å². The van der Waals surface area contributed by atoms with Crippen LogP contribution in [0.2, 0.25) is 10.0 Å². The van der Waals surface area contributed by atoms with Crippen LogP contribution in [0.4, 0.5) is 11.4 Å². The van der Waals surface area contributed by atoms with Gasteiger partial charge in [0, 0.05) is 10.6 Å².